The van der Waals surface area contributed by atoms with Gasteiger partial charge in [0, 0.05) is 12.1 Å². The molecule has 1 heterocycles. The molecule has 0 atom stereocenters. The highest BCUT2D eigenvalue weighted by molar-refractivity contribution is 7.71. The van der Waals surface area contributed by atoms with E-state index in [2.05, 4.69) is 24.0 Å². The minimum atomic E-state index is -0.399. The third kappa shape index (κ3) is 2.56. The summed E-state index contributed by atoms with van der Waals surface area (Å²) in [6.45, 7) is 2.69. The summed E-state index contributed by atoms with van der Waals surface area (Å²) in [5, 5.41) is 0. The topological polar surface area (TPSA) is 29.9 Å². The summed E-state index contributed by atoms with van der Waals surface area (Å²) < 4.78 is 21.3. The summed E-state index contributed by atoms with van der Waals surface area (Å²) in [7, 11) is 1.45. The summed E-state index contributed by atoms with van der Waals surface area (Å²) in [6, 6.07) is 11.3. The molecule has 3 nitrogen and oxygen atoms in total. The predicted molar refractivity (Wildman–Crippen MR) is 83.9 cm³/mol. The highest BCUT2D eigenvalue weighted by Gasteiger charge is 2.11. The number of rotatable bonds is 3. The van der Waals surface area contributed by atoms with Gasteiger partial charge in [0.1, 0.15) is 0 Å². The van der Waals surface area contributed by atoms with Crippen molar-refractivity contribution in [1.82, 2.24) is 9.55 Å². The molecule has 0 amide bonds. The van der Waals surface area contributed by atoms with Gasteiger partial charge < -0.3 is 14.3 Å². The number of methoxy groups -OCH3 is 1. The summed E-state index contributed by atoms with van der Waals surface area (Å²) >= 11 is 5.35. The van der Waals surface area contributed by atoms with Gasteiger partial charge in [-0.15, -0.1) is 0 Å². The molecular formula is C16H15FN2OS. The van der Waals surface area contributed by atoms with E-state index in [0.29, 0.717) is 16.8 Å². The molecule has 1 N–H and O–H groups in total. The van der Waals surface area contributed by atoms with Crippen LogP contribution in [0.3, 0.4) is 0 Å². The number of halogens is 1. The number of aryl methyl sites for hydroxylation is 1. The Morgan fingerprint density at radius 1 is 1.29 bits per heavy atom. The minimum absolute atomic E-state index is 0.217. The molecule has 0 radical (unpaired) electrons. The van der Waals surface area contributed by atoms with Crippen molar-refractivity contribution in [2.75, 3.05) is 7.11 Å². The van der Waals surface area contributed by atoms with Crippen molar-refractivity contribution in [3.8, 4) is 5.75 Å². The van der Waals surface area contributed by atoms with E-state index < -0.39 is 5.82 Å². The van der Waals surface area contributed by atoms with E-state index in [9.17, 15) is 4.39 Å². The zero-order chi connectivity index (χ0) is 15.0. The smallest absolute Gasteiger partial charge is 0.178 e. The normalized spacial score (nSPS) is 11.0. The third-order valence-corrected chi connectivity index (χ3v) is 3.79. The highest BCUT2D eigenvalue weighted by Crippen LogP contribution is 2.25. The summed E-state index contributed by atoms with van der Waals surface area (Å²) in [4.78, 5) is 3.04. The molecule has 2 aromatic carbocycles. The molecule has 0 spiro atoms. The van der Waals surface area contributed by atoms with Crippen molar-refractivity contribution >= 4 is 23.3 Å². The first-order chi connectivity index (χ1) is 10.1. The summed E-state index contributed by atoms with van der Waals surface area (Å²) in [6.07, 6.45) is 0. The Kier molecular flexibility index (Phi) is 3.51. The van der Waals surface area contributed by atoms with E-state index in [0.717, 1.165) is 11.1 Å². The van der Waals surface area contributed by atoms with E-state index in [1.54, 1.807) is 6.07 Å². The maximum absolute atomic E-state index is 13.8. The van der Waals surface area contributed by atoms with Crippen LogP contribution in [0.5, 0.6) is 5.75 Å². The number of imidazole rings is 1. The van der Waals surface area contributed by atoms with Gasteiger partial charge in [0.15, 0.2) is 16.3 Å². The van der Waals surface area contributed by atoms with E-state index in [-0.39, 0.29) is 5.75 Å². The number of hydrogen-bond donors (Lipinski definition) is 1. The maximum Gasteiger partial charge on any atom is 0.178 e. The van der Waals surface area contributed by atoms with Crippen molar-refractivity contribution in [3.63, 3.8) is 0 Å². The zero-order valence-corrected chi connectivity index (χ0v) is 12.6. The van der Waals surface area contributed by atoms with Crippen LogP contribution in [0.25, 0.3) is 11.0 Å². The molecule has 5 heteroatoms. The standard InChI is InChI=1S/C16H15FN2OS/c1-10-4-3-5-11(6-10)9-19-14-8-15(20-2)12(17)7-13(14)18-16(19)21/h3-8H,9H2,1-2H3,(H,18,21). The van der Waals surface area contributed by atoms with Crippen LogP contribution in [-0.4, -0.2) is 16.7 Å². The average molecular weight is 302 g/mol. The quantitative estimate of drug-likeness (QED) is 0.735. The molecule has 0 aliphatic heterocycles. The SMILES string of the molecule is COc1cc2c(cc1F)[nH]c(=S)n2Cc1cccc(C)c1. The van der Waals surface area contributed by atoms with Crippen LogP contribution in [0.1, 0.15) is 11.1 Å². The van der Waals surface area contributed by atoms with Gasteiger partial charge in [-0.2, -0.15) is 0 Å². The first-order valence-corrected chi connectivity index (χ1v) is 7.01. The van der Waals surface area contributed by atoms with Crippen LogP contribution < -0.4 is 4.74 Å². The lowest BCUT2D eigenvalue weighted by Crippen LogP contribution is -2.00. The Morgan fingerprint density at radius 2 is 2.10 bits per heavy atom. The number of benzene rings is 2. The first kappa shape index (κ1) is 13.8. The lowest BCUT2D eigenvalue weighted by molar-refractivity contribution is 0.387. The summed E-state index contributed by atoms with van der Waals surface area (Å²) in [5.41, 5.74) is 3.85. The number of fused-ring (bicyclic) bond motifs is 1. The van der Waals surface area contributed by atoms with Crippen LogP contribution in [0.4, 0.5) is 4.39 Å². The maximum atomic E-state index is 13.8. The van der Waals surface area contributed by atoms with Crippen molar-refractivity contribution in [3.05, 3.63) is 58.1 Å². The molecule has 0 unspecified atom stereocenters. The Balaban J connectivity index is 2.13. The third-order valence-electron chi connectivity index (χ3n) is 3.47. The first-order valence-electron chi connectivity index (χ1n) is 6.60. The molecule has 0 saturated heterocycles. The van der Waals surface area contributed by atoms with Crippen LogP contribution in [0.15, 0.2) is 36.4 Å². The van der Waals surface area contributed by atoms with E-state index >= 15 is 0 Å². The molecule has 108 valence electrons. The van der Waals surface area contributed by atoms with Crippen LogP contribution in [0.2, 0.25) is 0 Å². The van der Waals surface area contributed by atoms with Crippen molar-refractivity contribution < 1.29 is 9.13 Å². The molecular weight excluding hydrogens is 287 g/mol. The van der Waals surface area contributed by atoms with E-state index in [1.165, 1.54) is 18.7 Å². The summed E-state index contributed by atoms with van der Waals surface area (Å²) in [5.74, 6) is -0.182. The predicted octanol–water partition coefficient (Wildman–Crippen LogP) is 4.20. The lowest BCUT2D eigenvalue weighted by Gasteiger charge is -2.07. The van der Waals surface area contributed by atoms with E-state index in [1.807, 2.05) is 16.7 Å². The largest absolute Gasteiger partial charge is 0.494 e. The molecule has 0 bridgehead atoms. The molecule has 0 aliphatic rings. The van der Waals surface area contributed by atoms with Crippen molar-refractivity contribution in [1.29, 1.82) is 0 Å². The van der Waals surface area contributed by atoms with Crippen LogP contribution in [0, 0.1) is 17.5 Å². The van der Waals surface area contributed by atoms with Gasteiger partial charge >= 0.3 is 0 Å². The molecule has 1 aromatic heterocycles. The lowest BCUT2D eigenvalue weighted by atomic mass is 10.1. The second kappa shape index (κ2) is 5.33. The number of hydrogen-bond acceptors (Lipinski definition) is 2. The van der Waals surface area contributed by atoms with Gasteiger partial charge in [-0.1, -0.05) is 29.8 Å². The number of nitrogens with zero attached hydrogens (tertiary/aromatic N) is 1. The monoisotopic (exact) mass is 302 g/mol. The van der Waals surface area contributed by atoms with Gasteiger partial charge in [-0.05, 0) is 24.7 Å². The Hall–Kier alpha value is -2.14. The fraction of sp³-hybridized carbons (Fsp3) is 0.188. The second-order valence-corrected chi connectivity index (χ2v) is 5.40. The van der Waals surface area contributed by atoms with Gasteiger partial charge in [-0.3, -0.25) is 0 Å². The Bertz CT molecular complexity index is 866. The minimum Gasteiger partial charge on any atom is -0.494 e. The molecule has 3 rings (SSSR count). The van der Waals surface area contributed by atoms with Crippen molar-refractivity contribution in [2.45, 2.75) is 13.5 Å². The van der Waals surface area contributed by atoms with Gasteiger partial charge in [0.25, 0.3) is 0 Å². The fourth-order valence-corrected chi connectivity index (χ4v) is 2.74. The number of aromatic nitrogens is 2. The van der Waals surface area contributed by atoms with Crippen molar-refractivity contribution in [2.24, 2.45) is 0 Å². The molecule has 0 fully saturated rings. The molecule has 3 aromatic rings. The van der Waals surface area contributed by atoms with Crippen LogP contribution >= 0.6 is 12.2 Å². The number of aromatic amines is 1. The molecule has 21 heavy (non-hydrogen) atoms. The van der Waals surface area contributed by atoms with E-state index in [4.69, 9.17) is 17.0 Å². The Labute approximate surface area is 127 Å². The fourth-order valence-electron chi connectivity index (χ4n) is 2.46. The van der Waals surface area contributed by atoms with Crippen LogP contribution in [-0.2, 0) is 6.54 Å². The number of nitrogens with one attached hydrogen (secondary N) is 1. The van der Waals surface area contributed by atoms with Gasteiger partial charge in [0.2, 0.25) is 0 Å². The Morgan fingerprint density at radius 3 is 2.81 bits per heavy atom. The number of ether oxygens (including phenoxy) is 1. The number of H-pyrrole nitrogens is 1. The van der Waals surface area contributed by atoms with Gasteiger partial charge in [0.05, 0.1) is 24.7 Å². The highest BCUT2D eigenvalue weighted by atomic mass is 32.1. The molecule has 0 saturated carbocycles. The van der Waals surface area contributed by atoms with Gasteiger partial charge in [-0.25, -0.2) is 4.39 Å². The zero-order valence-electron chi connectivity index (χ0n) is 11.8. The molecule has 0 aliphatic carbocycles. The average Bonchev–Trinajstić information content (AvgIpc) is 2.73. The second-order valence-electron chi connectivity index (χ2n) is 5.01.